The summed E-state index contributed by atoms with van der Waals surface area (Å²) in [7, 11) is 0. The van der Waals surface area contributed by atoms with E-state index in [4.69, 9.17) is 0 Å². The van der Waals surface area contributed by atoms with E-state index >= 15 is 0 Å². The molecule has 0 radical (unpaired) electrons. The summed E-state index contributed by atoms with van der Waals surface area (Å²) < 4.78 is 0. The zero-order valence-electron chi connectivity index (χ0n) is 6.77. The molecule has 0 aromatic carbocycles. The predicted octanol–water partition coefficient (Wildman–Crippen LogP) is 0.579. The minimum Gasteiger partial charge on any atom is -0.296 e. The molecule has 0 aromatic rings. The van der Waals surface area contributed by atoms with Gasteiger partial charge in [-0.2, -0.15) is 0 Å². The molecule has 0 fully saturated rings. The molecular weight excluding hydrogens is 160 g/mol. The average Bonchev–Trinajstić information content (AvgIpc) is 2.25. The highest BCUT2D eigenvalue weighted by molar-refractivity contribution is 6.34. The van der Waals surface area contributed by atoms with E-state index in [-0.39, 0.29) is 11.4 Å². The molecular formula is C7H8N2O3. The van der Waals surface area contributed by atoms with Crippen LogP contribution in [0, 0.1) is 10.1 Å². The highest BCUT2D eigenvalue weighted by Crippen LogP contribution is 2.26. The van der Waals surface area contributed by atoms with E-state index in [0.717, 1.165) is 0 Å². The van der Waals surface area contributed by atoms with Crippen molar-refractivity contribution in [3.05, 3.63) is 21.9 Å². The lowest BCUT2D eigenvalue weighted by molar-refractivity contribution is -0.432. The standard InChI is InChI=1S/C7H8N2O3/c1-7(2)6(9(11)12)3-5(4-10)8-7/h3-4H,1-2H3. The summed E-state index contributed by atoms with van der Waals surface area (Å²) in [5.41, 5.74) is -0.781. The van der Waals surface area contributed by atoms with Gasteiger partial charge in [0.25, 0.3) is 5.70 Å². The van der Waals surface area contributed by atoms with E-state index in [9.17, 15) is 14.9 Å². The maximum Gasteiger partial charge on any atom is 0.275 e. The molecule has 0 amide bonds. The van der Waals surface area contributed by atoms with E-state index in [0.29, 0.717) is 6.29 Å². The second kappa shape index (κ2) is 2.51. The van der Waals surface area contributed by atoms with Crippen LogP contribution in [0.1, 0.15) is 13.8 Å². The molecule has 1 aliphatic heterocycles. The number of carbonyl (C=O) groups excluding carboxylic acids is 1. The Kier molecular flexibility index (Phi) is 1.79. The Hall–Kier alpha value is -1.52. The Morgan fingerprint density at radius 1 is 1.67 bits per heavy atom. The quantitative estimate of drug-likeness (QED) is 0.344. The van der Waals surface area contributed by atoms with Crippen LogP contribution in [0.15, 0.2) is 16.8 Å². The molecule has 0 aromatic heterocycles. The molecule has 0 saturated heterocycles. The third-order valence-electron chi connectivity index (χ3n) is 1.64. The van der Waals surface area contributed by atoms with Crippen LogP contribution in [0.4, 0.5) is 0 Å². The molecule has 1 aliphatic rings. The molecule has 0 bridgehead atoms. The second-order valence-electron chi connectivity index (χ2n) is 3.00. The smallest absolute Gasteiger partial charge is 0.275 e. The van der Waals surface area contributed by atoms with Crippen LogP contribution in [-0.2, 0) is 4.79 Å². The van der Waals surface area contributed by atoms with E-state index in [2.05, 4.69) is 4.99 Å². The van der Waals surface area contributed by atoms with Crippen LogP contribution in [0.2, 0.25) is 0 Å². The van der Waals surface area contributed by atoms with Crippen molar-refractivity contribution in [2.24, 2.45) is 4.99 Å². The average molecular weight is 168 g/mol. The summed E-state index contributed by atoms with van der Waals surface area (Å²) in [6.07, 6.45) is 1.71. The van der Waals surface area contributed by atoms with E-state index < -0.39 is 10.5 Å². The Morgan fingerprint density at radius 3 is 2.50 bits per heavy atom. The summed E-state index contributed by atoms with van der Waals surface area (Å²) >= 11 is 0. The minimum atomic E-state index is -0.875. The number of hydrogen-bond acceptors (Lipinski definition) is 4. The van der Waals surface area contributed by atoms with E-state index in [1.54, 1.807) is 13.8 Å². The highest BCUT2D eigenvalue weighted by Gasteiger charge is 2.37. The van der Waals surface area contributed by atoms with Gasteiger partial charge in [-0.15, -0.1) is 0 Å². The summed E-state index contributed by atoms with van der Waals surface area (Å²) in [5.74, 6) is 0. The first kappa shape index (κ1) is 8.58. The molecule has 5 heteroatoms. The van der Waals surface area contributed by atoms with Gasteiger partial charge in [-0.1, -0.05) is 0 Å². The largest absolute Gasteiger partial charge is 0.296 e. The fourth-order valence-corrected chi connectivity index (χ4v) is 1.07. The topological polar surface area (TPSA) is 72.6 Å². The number of carbonyl (C=O) groups is 1. The summed E-state index contributed by atoms with van der Waals surface area (Å²) in [4.78, 5) is 24.0. The fraction of sp³-hybridized carbons (Fsp3) is 0.429. The third kappa shape index (κ3) is 1.25. The molecule has 1 rings (SSSR count). The molecule has 0 spiro atoms. The van der Waals surface area contributed by atoms with Crippen LogP contribution in [0.25, 0.3) is 0 Å². The van der Waals surface area contributed by atoms with Gasteiger partial charge < -0.3 is 0 Å². The molecule has 0 aliphatic carbocycles. The predicted molar refractivity (Wildman–Crippen MR) is 42.7 cm³/mol. The normalized spacial score (nSPS) is 19.8. The minimum absolute atomic E-state index is 0.0374. The van der Waals surface area contributed by atoms with Gasteiger partial charge in [0.15, 0.2) is 6.29 Å². The first-order chi connectivity index (χ1) is 5.47. The summed E-state index contributed by atoms with van der Waals surface area (Å²) in [6, 6.07) is 0. The van der Waals surface area contributed by atoms with Crippen molar-refractivity contribution in [2.75, 3.05) is 0 Å². The Balaban J connectivity index is 3.08. The monoisotopic (exact) mass is 168 g/mol. The molecule has 5 nitrogen and oxygen atoms in total. The van der Waals surface area contributed by atoms with Crippen molar-refractivity contribution >= 4 is 12.0 Å². The maximum absolute atomic E-state index is 10.4. The Bertz CT molecular complexity index is 302. The van der Waals surface area contributed by atoms with Crippen molar-refractivity contribution in [1.82, 2.24) is 0 Å². The van der Waals surface area contributed by atoms with Gasteiger partial charge in [0.1, 0.15) is 11.3 Å². The van der Waals surface area contributed by atoms with Gasteiger partial charge in [0.05, 0.1) is 4.92 Å². The van der Waals surface area contributed by atoms with E-state index in [1.807, 2.05) is 0 Å². The SMILES string of the molecule is CC1(C)N=C(C=O)C=C1[N+](=O)[O-]. The van der Waals surface area contributed by atoms with Crippen molar-refractivity contribution in [3.8, 4) is 0 Å². The molecule has 0 saturated carbocycles. The van der Waals surface area contributed by atoms with Crippen molar-refractivity contribution in [2.45, 2.75) is 19.4 Å². The van der Waals surface area contributed by atoms with Gasteiger partial charge in [0, 0.05) is 6.08 Å². The van der Waals surface area contributed by atoms with Gasteiger partial charge in [0.2, 0.25) is 0 Å². The van der Waals surface area contributed by atoms with E-state index in [1.165, 1.54) is 6.08 Å². The maximum atomic E-state index is 10.4. The number of aldehydes is 1. The number of allylic oxidation sites excluding steroid dienone is 1. The zero-order valence-corrected chi connectivity index (χ0v) is 6.77. The fourth-order valence-electron chi connectivity index (χ4n) is 1.07. The van der Waals surface area contributed by atoms with Crippen molar-refractivity contribution in [1.29, 1.82) is 0 Å². The first-order valence-corrected chi connectivity index (χ1v) is 3.39. The van der Waals surface area contributed by atoms with Crippen LogP contribution in [-0.4, -0.2) is 22.5 Å². The Morgan fingerprint density at radius 2 is 2.25 bits per heavy atom. The number of hydrogen-bond donors (Lipinski definition) is 0. The van der Waals surface area contributed by atoms with Gasteiger partial charge >= 0.3 is 0 Å². The van der Waals surface area contributed by atoms with Crippen molar-refractivity contribution in [3.63, 3.8) is 0 Å². The molecule has 0 unspecified atom stereocenters. The number of nitro groups is 1. The summed E-state index contributed by atoms with van der Waals surface area (Å²) in [5, 5.41) is 10.4. The number of aliphatic imine (C=N–C) groups is 1. The van der Waals surface area contributed by atoms with Crippen LogP contribution >= 0.6 is 0 Å². The van der Waals surface area contributed by atoms with Crippen molar-refractivity contribution < 1.29 is 9.72 Å². The lowest BCUT2D eigenvalue weighted by Crippen LogP contribution is -2.22. The molecule has 1 heterocycles. The van der Waals surface area contributed by atoms with Gasteiger partial charge in [-0.05, 0) is 13.8 Å². The number of nitrogens with zero attached hydrogens (tertiary/aromatic N) is 2. The molecule has 0 atom stereocenters. The first-order valence-electron chi connectivity index (χ1n) is 3.39. The lowest BCUT2D eigenvalue weighted by atomic mass is 10.0. The number of rotatable bonds is 2. The van der Waals surface area contributed by atoms with Crippen LogP contribution in [0.5, 0.6) is 0 Å². The van der Waals surface area contributed by atoms with Gasteiger partial charge in [-0.25, -0.2) is 0 Å². The lowest BCUT2D eigenvalue weighted by Gasteiger charge is -2.10. The molecule has 0 N–H and O–H groups in total. The Labute approximate surface area is 68.9 Å². The van der Waals surface area contributed by atoms with Gasteiger partial charge in [-0.3, -0.25) is 19.9 Å². The van der Waals surface area contributed by atoms with Crippen LogP contribution in [0.3, 0.4) is 0 Å². The zero-order chi connectivity index (χ0) is 9.35. The second-order valence-corrected chi connectivity index (χ2v) is 3.00. The highest BCUT2D eigenvalue weighted by atomic mass is 16.6. The summed E-state index contributed by atoms with van der Waals surface area (Å²) in [6.45, 7) is 3.19. The van der Waals surface area contributed by atoms with Crippen LogP contribution < -0.4 is 0 Å². The third-order valence-corrected chi connectivity index (χ3v) is 1.64. The molecule has 64 valence electrons. The molecule has 12 heavy (non-hydrogen) atoms.